The molecule has 32 heavy (non-hydrogen) atoms. The number of aryl methyl sites for hydroxylation is 1. The topological polar surface area (TPSA) is 83.6 Å². The van der Waals surface area contributed by atoms with Crippen LogP contribution in [0.5, 0.6) is 0 Å². The van der Waals surface area contributed by atoms with E-state index >= 15 is 0 Å². The third kappa shape index (κ3) is 5.25. The second-order valence-corrected chi connectivity index (χ2v) is 7.84. The molecule has 0 radical (unpaired) electrons. The first kappa shape index (κ1) is 21.8. The van der Waals surface area contributed by atoms with Gasteiger partial charge < -0.3 is 20.3 Å². The highest BCUT2D eigenvalue weighted by Gasteiger charge is 2.14. The average molecular weight is 451 g/mol. The monoisotopic (exact) mass is 450 g/mol. The highest BCUT2D eigenvalue weighted by atomic mass is 35.5. The van der Waals surface area contributed by atoms with E-state index in [1.807, 2.05) is 31.2 Å². The van der Waals surface area contributed by atoms with Gasteiger partial charge in [0.25, 0.3) is 11.8 Å². The first-order chi connectivity index (χ1) is 15.5. The maximum atomic E-state index is 12.9. The lowest BCUT2D eigenvalue weighted by Gasteiger charge is -2.29. The Morgan fingerprint density at radius 1 is 0.969 bits per heavy atom. The maximum Gasteiger partial charge on any atom is 0.257 e. The second-order valence-electron chi connectivity index (χ2n) is 7.46. The Hall–Kier alpha value is -3.42. The van der Waals surface area contributed by atoms with Gasteiger partial charge in [-0.05, 0) is 55.0 Å². The predicted octanol–water partition coefficient (Wildman–Crippen LogP) is 4.38. The van der Waals surface area contributed by atoms with Gasteiger partial charge in [-0.15, -0.1) is 0 Å². The summed E-state index contributed by atoms with van der Waals surface area (Å²) in [4.78, 5) is 31.6. The highest BCUT2D eigenvalue weighted by molar-refractivity contribution is 6.29. The molecule has 1 aromatic heterocycles. The Morgan fingerprint density at radius 2 is 1.72 bits per heavy atom. The summed E-state index contributed by atoms with van der Waals surface area (Å²) < 4.78 is 5.40. The summed E-state index contributed by atoms with van der Waals surface area (Å²) in [5, 5.41) is 6.09. The van der Waals surface area contributed by atoms with Gasteiger partial charge in [0, 0.05) is 41.9 Å². The van der Waals surface area contributed by atoms with Gasteiger partial charge in [-0.3, -0.25) is 9.59 Å². The van der Waals surface area contributed by atoms with E-state index in [1.165, 1.54) is 6.20 Å². The quantitative estimate of drug-likeness (QED) is 0.563. The van der Waals surface area contributed by atoms with Crippen LogP contribution in [0.4, 0.5) is 17.1 Å². The Labute approximate surface area is 191 Å². The number of aromatic nitrogens is 1. The summed E-state index contributed by atoms with van der Waals surface area (Å²) in [5.74, 6) is -0.583. The minimum atomic E-state index is -0.326. The van der Waals surface area contributed by atoms with Crippen LogP contribution in [0, 0.1) is 6.92 Å². The summed E-state index contributed by atoms with van der Waals surface area (Å²) in [6.07, 6.45) is 1.41. The molecule has 1 aliphatic rings. The summed E-state index contributed by atoms with van der Waals surface area (Å²) in [5.41, 5.74) is 3.96. The van der Waals surface area contributed by atoms with Crippen molar-refractivity contribution in [3.05, 3.63) is 82.6 Å². The fourth-order valence-corrected chi connectivity index (χ4v) is 3.52. The lowest BCUT2D eigenvalue weighted by Crippen LogP contribution is -2.36. The van der Waals surface area contributed by atoms with E-state index in [4.69, 9.17) is 16.3 Å². The largest absolute Gasteiger partial charge is 0.378 e. The molecule has 0 bridgehead atoms. The second kappa shape index (κ2) is 9.80. The van der Waals surface area contributed by atoms with Crippen molar-refractivity contribution < 1.29 is 14.3 Å². The van der Waals surface area contributed by atoms with E-state index in [0.717, 1.165) is 24.3 Å². The molecule has 2 N–H and O–H groups in total. The fraction of sp³-hybridized carbons (Fsp3) is 0.208. The van der Waals surface area contributed by atoms with Crippen LogP contribution in [0.25, 0.3) is 0 Å². The number of morpholine rings is 1. The number of carbonyl (C=O) groups is 2. The Morgan fingerprint density at radius 3 is 2.47 bits per heavy atom. The lowest BCUT2D eigenvalue weighted by atomic mass is 10.1. The van der Waals surface area contributed by atoms with Crippen molar-refractivity contribution in [2.24, 2.45) is 0 Å². The van der Waals surface area contributed by atoms with Crippen LogP contribution >= 0.6 is 11.6 Å². The average Bonchev–Trinajstić information content (AvgIpc) is 2.81. The number of nitrogens with zero attached hydrogens (tertiary/aromatic N) is 2. The molecule has 0 aliphatic carbocycles. The van der Waals surface area contributed by atoms with Crippen molar-refractivity contribution in [1.82, 2.24) is 4.98 Å². The van der Waals surface area contributed by atoms with E-state index in [9.17, 15) is 9.59 Å². The van der Waals surface area contributed by atoms with Gasteiger partial charge in [0.05, 0.1) is 18.8 Å². The molecule has 0 atom stereocenters. The number of carbonyl (C=O) groups excluding carboxylic acids is 2. The summed E-state index contributed by atoms with van der Waals surface area (Å²) >= 11 is 5.78. The summed E-state index contributed by atoms with van der Waals surface area (Å²) in [6, 6.07) is 16.1. The van der Waals surface area contributed by atoms with Gasteiger partial charge in [-0.2, -0.15) is 0 Å². The van der Waals surface area contributed by atoms with Crippen molar-refractivity contribution in [3.63, 3.8) is 0 Å². The van der Waals surface area contributed by atoms with Gasteiger partial charge in [-0.25, -0.2) is 4.98 Å². The minimum absolute atomic E-state index is 0.257. The lowest BCUT2D eigenvalue weighted by molar-refractivity contribution is 0.101. The predicted molar refractivity (Wildman–Crippen MR) is 126 cm³/mol. The zero-order valence-corrected chi connectivity index (χ0v) is 18.4. The zero-order valence-electron chi connectivity index (χ0n) is 17.6. The summed E-state index contributed by atoms with van der Waals surface area (Å²) in [7, 11) is 0. The molecule has 2 aromatic carbocycles. The van der Waals surface area contributed by atoms with Gasteiger partial charge in [0.15, 0.2) is 0 Å². The van der Waals surface area contributed by atoms with Crippen LogP contribution in [-0.4, -0.2) is 43.1 Å². The molecule has 0 saturated carbocycles. The van der Waals surface area contributed by atoms with Crippen LogP contribution < -0.4 is 15.5 Å². The van der Waals surface area contributed by atoms with Gasteiger partial charge >= 0.3 is 0 Å². The molecule has 0 spiro atoms. The highest BCUT2D eigenvalue weighted by Crippen LogP contribution is 2.23. The molecule has 3 aromatic rings. The zero-order chi connectivity index (χ0) is 22.5. The Kier molecular flexibility index (Phi) is 6.68. The number of hydrogen-bond acceptors (Lipinski definition) is 5. The number of rotatable bonds is 5. The molecule has 4 rings (SSSR count). The smallest absolute Gasteiger partial charge is 0.257 e. The normalized spacial score (nSPS) is 13.5. The third-order valence-corrected chi connectivity index (χ3v) is 5.44. The number of halogens is 1. The van der Waals surface area contributed by atoms with E-state index < -0.39 is 0 Å². The molecular formula is C24H23ClN4O3. The number of amides is 2. The maximum absolute atomic E-state index is 12.9. The van der Waals surface area contributed by atoms with Crippen molar-refractivity contribution >= 4 is 40.5 Å². The SMILES string of the molecule is Cc1ccc(C(=O)Nc2cccc(N3CCOCC3)c2)cc1NC(=O)c1ccc(Cl)nc1. The molecule has 7 nitrogen and oxygen atoms in total. The summed E-state index contributed by atoms with van der Waals surface area (Å²) in [6.45, 7) is 4.90. The first-order valence-corrected chi connectivity index (χ1v) is 10.6. The number of anilines is 3. The standard InChI is InChI=1S/C24H23ClN4O3/c1-16-5-6-17(13-21(16)28-24(31)18-7-8-22(25)26-15-18)23(30)27-19-3-2-4-20(14-19)29-9-11-32-12-10-29/h2-8,13-15H,9-12H2,1H3,(H,27,30)(H,28,31). The number of benzene rings is 2. The molecule has 8 heteroatoms. The third-order valence-electron chi connectivity index (χ3n) is 5.22. The van der Waals surface area contributed by atoms with Crippen LogP contribution in [0.3, 0.4) is 0 Å². The van der Waals surface area contributed by atoms with E-state index in [2.05, 4.69) is 20.5 Å². The molecule has 1 aliphatic heterocycles. The van der Waals surface area contributed by atoms with Gasteiger partial charge in [0.1, 0.15) is 5.15 Å². The number of hydrogen-bond donors (Lipinski definition) is 2. The van der Waals surface area contributed by atoms with Crippen molar-refractivity contribution in [2.45, 2.75) is 6.92 Å². The Balaban J connectivity index is 1.47. The fourth-order valence-electron chi connectivity index (χ4n) is 3.41. The van der Waals surface area contributed by atoms with Crippen LogP contribution in [0.2, 0.25) is 5.15 Å². The minimum Gasteiger partial charge on any atom is -0.378 e. The molecule has 1 fully saturated rings. The van der Waals surface area contributed by atoms with E-state index in [-0.39, 0.29) is 11.8 Å². The molecule has 164 valence electrons. The molecular weight excluding hydrogens is 428 g/mol. The molecule has 2 amide bonds. The molecule has 0 unspecified atom stereocenters. The van der Waals surface area contributed by atoms with Crippen molar-refractivity contribution in [3.8, 4) is 0 Å². The van der Waals surface area contributed by atoms with Crippen LogP contribution in [0.15, 0.2) is 60.8 Å². The molecule has 2 heterocycles. The molecule has 1 saturated heterocycles. The number of ether oxygens (including phenoxy) is 1. The van der Waals surface area contributed by atoms with Crippen molar-refractivity contribution in [1.29, 1.82) is 0 Å². The number of pyridine rings is 1. The first-order valence-electron chi connectivity index (χ1n) is 10.3. The van der Waals surface area contributed by atoms with Crippen molar-refractivity contribution in [2.75, 3.05) is 41.8 Å². The Bertz CT molecular complexity index is 1130. The number of nitrogens with one attached hydrogen (secondary N) is 2. The van der Waals surface area contributed by atoms with E-state index in [0.29, 0.717) is 40.9 Å². The van der Waals surface area contributed by atoms with Crippen LogP contribution in [-0.2, 0) is 4.74 Å². The van der Waals surface area contributed by atoms with Gasteiger partial charge in [-0.1, -0.05) is 23.7 Å². The van der Waals surface area contributed by atoms with Crippen LogP contribution in [0.1, 0.15) is 26.3 Å². The van der Waals surface area contributed by atoms with Gasteiger partial charge in [0.2, 0.25) is 0 Å². The van der Waals surface area contributed by atoms with E-state index in [1.54, 1.807) is 30.3 Å².